The van der Waals surface area contributed by atoms with Gasteiger partial charge in [-0.05, 0) is 55.0 Å². The molecule has 0 radical (unpaired) electrons. The van der Waals surface area contributed by atoms with Gasteiger partial charge in [0, 0.05) is 29.4 Å². The van der Waals surface area contributed by atoms with Crippen molar-refractivity contribution < 1.29 is 32.3 Å². The Bertz CT molecular complexity index is 1420. The standard InChI is InChI=1S/C22H20FN5O.C2HF3O2/c1-13(2)22(29)26-18-12-16(8-10-24-18)21-20(15-6-7-17(23)14(3)11-15)27-19-5-4-9-25-28(19)21;3-2(4,5)1(6)7/h4-13H,1-3H3,(H,24,26,29);(H,6,7). The third-order valence-electron chi connectivity index (χ3n) is 4.88. The van der Waals surface area contributed by atoms with Crippen LogP contribution in [0.1, 0.15) is 19.4 Å². The molecule has 4 rings (SSSR count). The predicted molar refractivity (Wildman–Crippen MR) is 124 cm³/mol. The van der Waals surface area contributed by atoms with Crippen LogP contribution in [0.2, 0.25) is 0 Å². The van der Waals surface area contributed by atoms with Crippen molar-refractivity contribution in [3.63, 3.8) is 0 Å². The Morgan fingerprint density at radius 3 is 2.36 bits per heavy atom. The quantitative estimate of drug-likeness (QED) is 0.374. The number of nitrogens with one attached hydrogen (secondary N) is 1. The third kappa shape index (κ3) is 6.01. The number of amides is 1. The van der Waals surface area contributed by atoms with E-state index < -0.39 is 12.1 Å². The summed E-state index contributed by atoms with van der Waals surface area (Å²) in [6.45, 7) is 5.36. The molecule has 0 atom stereocenters. The van der Waals surface area contributed by atoms with Gasteiger partial charge in [-0.2, -0.15) is 18.3 Å². The van der Waals surface area contributed by atoms with Crippen LogP contribution in [0.4, 0.5) is 23.4 Å². The van der Waals surface area contributed by atoms with Gasteiger partial charge in [-0.15, -0.1) is 0 Å². The molecule has 0 spiro atoms. The molecule has 12 heteroatoms. The van der Waals surface area contributed by atoms with Gasteiger partial charge < -0.3 is 10.4 Å². The smallest absolute Gasteiger partial charge is 0.475 e. The molecule has 0 saturated heterocycles. The van der Waals surface area contributed by atoms with E-state index in [9.17, 15) is 22.4 Å². The first-order valence-corrected chi connectivity index (χ1v) is 10.6. The molecule has 0 aliphatic rings. The van der Waals surface area contributed by atoms with Crippen LogP contribution in [0.25, 0.3) is 28.2 Å². The van der Waals surface area contributed by atoms with Crippen LogP contribution in [0.3, 0.4) is 0 Å². The summed E-state index contributed by atoms with van der Waals surface area (Å²) >= 11 is 0. The van der Waals surface area contributed by atoms with Crippen LogP contribution in [-0.4, -0.2) is 42.7 Å². The number of halogens is 4. The molecule has 0 fully saturated rings. The summed E-state index contributed by atoms with van der Waals surface area (Å²) < 4.78 is 47.3. The SMILES string of the molecule is Cc1cc(-c2nc3cccnn3c2-c2ccnc(NC(=O)C(C)C)c2)ccc1F.O=C(O)C(F)(F)F. The number of aryl methyl sites for hydroxylation is 1. The zero-order valence-electron chi connectivity index (χ0n) is 19.3. The normalized spacial score (nSPS) is 11.2. The van der Waals surface area contributed by atoms with Gasteiger partial charge in [-0.3, -0.25) is 4.79 Å². The van der Waals surface area contributed by atoms with Crippen molar-refractivity contribution in [1.82, 2.24) is 19.6 Å². The minimum atomic E-state index is -5.08. The molecule has 3 heterocycles. The predicted octanol–water partition coefficient (Wildman–Crippen LogP) is 5.13. The summed E-state index contributed by atoms with van der Waals surface area (Å²) in [5.74, 6) is -2.84. The first-order chi connectivity index (χ1) is 16.9. The van der Waals surface area contributed by atoms with E-state index in [1.807, 2.05) is 32.0 Å². The highest BCUT2D eigenvalue weighted by atomic mass is 19.4. The zero-order valence-corrected chi connectivity index (χ0v) is 19.3. The molecule has 0 bridgehead atoms. The third-order valence-corrected chi connectivity index (χ3v) is 4.88. The second-order valence-corrected chi connectivity index (χ2v) is 7.94. The molecular weight excluding hydrogens is 482 g/mol. The number of hydrogen-bond acceptors (Lipinski definition) is 5. The summed E-state index contributed by atoms with van der Waals surface area (Å²) in [5.41, 5.74) is 4.21. The lowest BCUT2D eigenvalue weighted by molar-refractivity contribution is -0.192. The number of fused-ring (bicyclic) bond motifs is 1. The van der Waals surface area contributed by atoms with E-state index >= 15 is 0 Å². The number of carbonyl (C=O) groups is 2. The Labute approximate surface area is 202 Å². The van der Waals surface area contributed by atoms with Crippen molar-refractivity contribution in [2.75, 3.05) is 5.32 Å². The van der Waals surface area contributed by atoms with Crippen LogP contribution in [0.5, 0.6) is 0 Å². The summed E-state index contributed by atoms with van der Waals surface area (Å²) in [7, 11) is 0. The number of benzene rings is 1. The molecule has 2 N–H and O–H groups in total. The fraction of sp³-hybridized carbons (Fsp3) is 0.208. The maximum Gasteiger partial charge on any atom is 0.490 e. The minimum absolute atomic E-state index is 0.111. The second-order valence-electron chi connectivity index (χ2n) is 7.94. The number of anilines is 1. The number of hydrogen-bond donors (Lipinski definition) is 2. The average molecular weight is 503 g/mol. The van der Waals surface area contributed by atoms with Gasteiger partial charge in [0.15, 0.2) is 5.65 Å². The zero-order chi connectivity index (χ0) is 26.6. The highest BCUT2D eigenvalue weighted by molar-refractivity contribution is 5.92. The number of alkyl halides is 3. The first kappa shape index (κ1) is 26.3. The topological polar surface area (TPSA) is 109 Å². The summed E-state index contributed by atoms with van der Waals surface area (Å²) in [6.07, 6.45) is -1.77. The van der Waals surface area contributed by atoms with Gasteiger partial charge in [0.2, 0.25) is 5.91 Å². The van der Waals surface area contributed by atoms with Crippen LogP contribution >= 0.6 is 0 Å². The molecule has 0 saturated carbocycles. The molecule has 4 aromatic rings. The van der Waals surface area contributed by atoms with Gasteiger partial charge in [0.05, 0.1) is 5.69 Å². The van der Waals surface area contributed by atoms with Crippen molar-refractivity contribution in [3.8, 4) is 22.5 Å². The molecule has 0 aliphatic carbocycles. The van der Waals surface area contributed by atoms with E-state index in [2.05, 4.69) is 15.4 Å². The number of pyridine rings is 1. The van der Waals surface area contributed by atoms with Gasteiger partial charge in [0.1, 0.15) is 17.3 Å². The molecule has 8 nitrogen and oxygen atoms in total. The number of rotatable bonds is 4. The summed E-state index contributed by atoms with van der Waals surface area (Å²) in [5, 5.41) is 14.4. The lowest BCUT2D eigenvalue weighted by Gasteiger charge is -2.10. The maximum absolute atomic E-state index is 13.8. The monoisotopic (exact) mass is 503 g/mol. The highest BCUT2D eigenvalue weighted by Gasteiger charge is 2.38. The first-order valence-electron chi connectivity index (χ1n) is 10.6. The van der Waals surface area contributed by atoms with Crippen molar-refractivity contribution in [2.24, 2.45) is 5.92 Å². The van der Waals surface area contributed by atoms with E-state index in [1.54, 1.807) is 42.0 Å². The molecule has 0 unspecified atom stereocenters. The number of carboxylic acid groups (broad SMARTS) is 1. The Morgan fingerprint density at radius 1 is 1.06 bits per heavy atom. The Balaban J connectivity index is 0.000000454. The highest BCUT2D eigenvalue weighted by Crippen LogP contribution is 2.33. The molecule has 3 aromatic heterocycles. The largest absolute Gasteiger partial charge is 0.490 e. The van der Waals surface area contributed by atoms with Gasteiger partial charge >= 0.3 is 12.1 Å². The number of carbonyl (C=O) groups excluding carboxylic acids is 1. The second kappa shape index (κ2) is 10.5. The number of imidazole rings is 1. The van der Waals surface area contributed by atoms with E-state index in [-0.39, 0.29) is 17.6 Å². The van der Waals surface area contributed by atoms with E-state index in [1.165, 1.54) is 6.07 Å². The van der Waals surface area contributed by atoms with Crippen molar-refractivity contribution in [1.29, 1.82) is 0 Å². The molecule has 36 heavy (non-hydrogen) atoms. The summed E-state index contributed by atoms with van der Waals surface area (Å²) in [6, 6.07) is 12.2. The fourth-order valence-corrected chi connectivity index (χ4v) is 3.06. The molecule has 188 valence electrons. The Kier molecular flexibility index (Phi) is 7.66. The minimum Gasteiger partial charge on any atom is -0.475 e. The van der Waals surface area contributed by atoms with Gasteiger partial charge in [0.25, 0.3) is 0 Å². The average Bonchev–Trinajstić information content (AvgIpc) is 3.20. The molecule has 1 aromatic carbocycles. The van der Waals surface area contributed by atoms with Crippen molar-refractivity contribution >= 4 is 23.3 Å². The number of aliphatic carboxylic acids is 1. The van der Waals surface area contributed by atoms with Crippen molar-refractivity contribution in [3.05, 3.63) is 66.2 Å². The van der Waals surface area contributed by atoms with Crippen LogP contribution < -0.4 is 5.32 Å². The lowest BCUT2D eigenvalue weighted by Crippen LogP contribution is -2.21. The van der Waals surface area contributed by atoms with Gasteiger partial charge in [-0.1, -0.05) is 13.8 Å². The van der Waals surface area contributed by atoms with E-state index in [0.29, 0.717) is 22.7 Å². The molecule has 0 aliphatic heterocycles. The number of carboxylic acids is 1. The Morgan fingerprint density at radius 2 is 1.75 bits per heavy atom. The molecule has 1 amide bonds. The van der Waals surface area contributed by atoms with E-state index in [0.717, 1.165) is 16.8 Å². The van der Waals surface area contributed by atoms with Crippen LogP contribution in [-0.2, 0) is 9.59 Å². The lowest BCUT2D eigenvalue weighted by atomic mass is 10.0. The fourth-order valence-electron chi connectivity index (χ4n) is 3.06. The van der Waals surface area contributed by atoms with Crippen molar-refractivity contribution in [2.45, 2.75) is 26.9 Å². The summed E-state index contributed by atoms with van der Waals surface area (Å²) in [4.78, 5) is 29.9. The maximum atomic E-state index is 13.8. The van der Waals surface area contributed by atoms with E-state index in [4.69, 9.17) is 14.9 Å². The van der Waals surface area contributed by atoms with Crippen LogP contribution in [0.15, 0.2) is 54.9 Å². The Hall–Kier alpha value is -4.35. The number of nitrogens with zero attached hydrogens (tertiary/aromatic N) is 4. The number of aromatic nitrogens is 4. The molecular formula is C24H21F4N5O3. The van der Waals surface area contributed by atoms with Gasteiger partial charge in [-0.25, -0.2) is 23.7 Å². The van der Waals surface area contributed by atoms with Crippen LogP contribution in [0, 0.1) is 18.7 Å².